The Morgan fingerprint density at radius 1 is 1.36 bits per heavy atom. The molecule has 0 radical (unpaired) electrons. The van der Waals surface area contributed by atoms with Crippen molar-refractivity contribution in [3.05, 3.63) is 42.1 Å². The van der Waals surface area contributed by atoms with E-state index in [0.29, 0.717) is 19.7 Å². The number of amides is 1. The number of H-pyrrole nitrogens is 1. The van der Waals surface area contributed by atoms with Crippen molar-refractivity contribution in [2.75, 3.05) is 33.3 Å². The molecule has 6 nitrogen and oxygen atoms in total. The Morgan fingerprint density at radius 3 is 2.88 bits per heavy atom. The predicted octanol–water partition coefficient (Wildman–Crippen LogP) is 1.88. The number of nitrogens with one attached hydrogen (secondary N) is 2. The fraction of sp³-hybridized carbons (Fsp3) is 0.444. The first-order valence-electron chi connectivity index (χ1n) is 8.41. The van der Waals surface area contributed by atoms with Gasteiger partial charge in [-0.3, -0.25) is 9.89 Å². The van der Waals surface area contributed by atoms with Gasteiger partial charge >= 0.3 is 0 Å². The van der Waals surface area contributed by atoms with Gasteiger partial charge in [0.05, 0.1) is 12.3 Å². The van der Waals surface area contributed by atoms with Crippen LogP contribution in [0.5, 0.6) is 0 Å². The first kappa shape index (κ1) is 19.4. The summed E-state index contributed by atoms with van der Waals surface area (Å²) in [5.74, 6) is 0.0526. The first-order chi connectivity index (χ1) is 11.7. The highest BCUT2D eigenvalue weighted by molar-refractivity contribution is 5.85. The van der Waals surface area contributed by atoms with Crippen LogP contribution in [-0.4, -0.2) is 60.4 Å². The van der Waals surface area contributed by atoms with Crippen LogP contribution in [0.1, 0.15) is 12.1 Å². The van der Waals surface area contributed by atoms with Gasteiger partial charge in [0.1, 0.15) is 6.10 Å². The number of halogens is 1. The molecule has 1 fully saturated rings. The molecule has 0 aliphatic carbocycles. The summed E-state index contributed by atoms with van der Waals surface area (Å²) in [4.78, 5) is 14.0. The standard InChI is InChI=1S/C18H24N4O2.ClH/c1-22(18(23)17-13-19-9-11-24-17)10-5-8-15-12-16(21-20-15)14-6-3-2-4-7-14;/h2-4,6-7,12,17,19H,5,8-11,13H2,1H3,(H,20,21);1H. The highest BCUT2D eigenvalue weighted by Gasteiger charge is 2.24. The Kier molecular flexibility index (Phi) is 7.43. The molecule has 1 aromatic heterocycles. The summed E-state index contributed by atoms with van der Waals surface area (Å²) in [5.41, 5.74) is 3.15. The third kappa shape index (κ3) is 5.29. The number of aromatic nitrogens is 2. The first-order valence-corrected chi connectivity index (χ1v) is 8.41. The topological polar surface area (TPSA) is 70.2 Å². The zero-order valence-corrected chi connectivity index (χ0v) is 15.2. The molecule has 1 atom stereocenters. The second-order valence-corrected chi connectivity index (χ2v) is 6.07. The summed E-state index contributed by atoms with van der Waals surface area (Å²) in [7, 11) is 1.84. The smallest absolute Gasteiger partial charge is 0.252 e. The summed E-state index contributed by atoms with van der Waals surface area (Å²) < 4.78 is 5.51. The zero-order valence-electron chi connectivity index (χ0n) is 14.4. The molecule has 1 aliphatic heterocycles. The minimum Gasteiger partial charge on any atom is -0.366 e. The summed E-state index contributed by atoms with van der Waals surface area (Å²) in [6.45, 7) is 2.72. The van der Waals surface area contributed by atoms with E-state index >= 15 is 0 Å². The molecule has 1 unspecified atom stereocenters. The van der Waals surface area contributed by atoms with E-state index in [4.69, 9.17) is 4.74 Å². The molecule has 1 amide bonds. The number of aryl methyl sites for hydroxylation is 1. The molecule has 136 valence electrons. The Labute approximate surface area is 154 Å². The molecule has 0 bridgehead atoms. The summed E-state index contributed by atoms with van der Waals surface area (Å²) >= 11 is 0. The van der Waals surface area contributed by atoms with E-state index < -0.39 is 0 Å². The molecular formula is C18H25ClN4O2. The molecule has 1 saturated heterocycles. The molecule has 2 aromatic rings. The van der Waals surface area contributed by atoms with E-state index in [0.717, 1.165) is 36.3 Å². The van der Waals surface area contributed by atoms with Crippen molar-refractivity contribution < 1.29 is 9.53 Å². The summed E-state index contributed by atoms with van der Waals surface area (Å²) in [6.07, 6.45) is 1.40. The molecule has 2 heterocycles. The fourth-order valence-corrected chi connectivity index (χ4v) is 2.83. The Morgan fingerprint density at radius 2 is 2.16 bits per heavy atom. The van der Waals surface area contributed by atoms with Crippen molar-refractivity contribution >= 4 is 18.3 Å². The quantitative estimate of drug-likeness (QED) is 0.821. The van der Waals surface area contributed by atoms with Crippen molar-refractivity contribution in [1.82, 2.24) is 20.4 Å². The van der Waals surface area contributed by atoms with Crippen LogP contribution in [0.2, 0.25) is 0 Å². The van der Waals surface area contributed by atoms with Crippen LogP contribution in [0.25, 0.3) is 11.3 Å². The number of carbonyl (C=O) groups is 1. The maximum atomic E-state index is 12.3. The molecular weight excluding hydrogens is 340 g/mol. The second kappa shape index (κ2) is 9.56. The number of carbonyl (C=O) groups excluding carboxylic acids is 1. The molecule has 0 saturated carbocycles. The molecule has 7 heteroatoms. The van der Waals surface area contributed by atoms with E-state index in [1.165, 1.54) is 0 Å². The largest absolute Gasteiger partial charge is 0.366 e. The molecule has 3 rings (SSSR count). The number of hydrogen-bond acceptors (Lipinski definition) is 4. The third-order valence-electron chi connectivity index (χ3n) is 4.22. The lowest BCUT2D eigenvalue weighted by Gasteiger charge is -2.27. The Bertz CT molecular complexity index is 656. The van der Waals surface area contributed by atoms with Crippen LogP contribution >= 0.6 is 12.4 Å². The van der Waals surface area contributed by atoms with Gasteiger partial charge in [-0.1, -0.05) is 30.3 Å². The number of hydrogen-bond donors (Lipinski definition) is 2. The van der Waals surface area contributed by atoms with Crippen LogP contribution < -0.4 is 5.32 Å². The van der Waals surface area contributed by atoms with Gasteiger partial charge in [-0.05, 0) is 18.9 Å². The summed E-state index contributed by atoms with van der Waals surface area (Å²) in [6, 6.07) is 12.2. The zero-order chi connectivity index (χ0) is 16.8. The van der Waals surface area contributed by atoms with E-state index in [9.17, 15) is 4.79 Å². The number of morpholine rings is 1. The SMILES string of the molecule is CN(CCCc1cc(-c2ccccc2)n[nH]1)C(=O)C1CNCCO1.Cl. The van der Waals surface area contributed by atoms with Crippen molar-refractivity contribution in [2.45, 2.75) is 18.9 Å². The van der Waals surface area contributed by atoms with E-state index in [2.05, 4.69) is 21.6 Å². The van der Waals surface area contributed by atoms with Gasteiger partial charge in [-0.15, -0.1) is 12.4 Å². The molecule has 25 heavy (non-hydrogen) atoms. The molecule has 1 aromatic carbocycles. The minimum absolute atomic E-state index is 0. The highest BCUT2D eigenvalue weighted by atomic mass is 35.5. The minimum atomic E-state index is -0.347. The number of ether oxygens (including phenoxy) is 1. The lowest BCUT2D eigenvalue weighted by molar-refractivity contribution is -0.143. The number of likely N-dealkylation sites (N-methyl/N-ethyl adjacent to an activating group) is 1. The monoisotopic (exact) mass is 364 g/mol. The van der Waals surface area contributed by atoms with Crippen molar-refractivity contribution in [3.8, 4) is 11.3 Å². The number of aromatic amines is 1. The molecule has 2 N–H and O–H groups in total. The number of rotatable bonds is 6. The average Bonchev–Trinajstić information content (AvgIpc) is 3.11. The summed E-state index contributed by atoms with van der Waals surface area (Å²) in [5, 5.41) is 10.6. The van der Waals surface area contributed by atoms with Crippen molar-refractivity contribution in [2.24, 2.45) is 0 Å². The van der Waals surface area contributed by atoms with Crippen LogP contribution in [0.3, 0.4) is 0 Å². The van der Waals surface area contributed by atoms with Crippen molar-refractivity contribution in [3.63, 3.8) is 0 Å². The Balaban J connectivity index is 0.00000225. The number of benzene rings is 1. The van der Waals surface area contributed by atoms with Gasteiger partial charge in [-0.25, -0.2) is 0 Å². The van der Waals surface area contributed by atoms with Gasteiger partial charge in [-0.2, -0.15) is 5.10 Å². The van der Waals surface area contributed by atoms with E-state index in [-0.39, 0.29) is 24.4 Å². The Hall–Kier alpha value is -1.89. The fourth-order valence-electron chi connectivity index (χ4n) is 2.83. The number of nitrogens with zero attached hydrogens (tertiary/aromatic N) is 2. The molecule has 0 spiro atoms. The average molecular weight is 365 g/mol. The van der Waals surface area contributed by atoms with Gasteiger partial charge in [0.2, 0.25) is 0 Å². The lowest BCUT2D eigenvalue weighted by Crippen LogP contribution is -2.48. The van der Waals surface area contributed by atoms with E-state index in [1.807, 2.05) is 37.4 Å². The highest BCUT2D eigenvalue weighted by Crippen LogP contribution is 2.17. The van der Waals surface area contributed by atoms with Gasteiger partial charge < -0.3 is 15.0 Å². The lowest BCUT2D eigenvalue weighted by atomic mass is 10.1. The molecule has 1 aliphatic rings. The predicted molar refractivity (Wildman–Crippen MR) is 99.8 cm³/mol. The van der Waals surface area contributed by atoms with Gasteiger partial charge in [0.25, 0.3) is 5.91 Å². The van der Waals surface area contributed by atoms with Crippen molar-refractivity contribution in [1.29, 1.82) is 0 Å². The van der Waals surface area contributed by atoms with Crippen LogP contribution in [0.4, 0.5) is 0 Å². The van der Waals surface area contributed by atoms with Gasteiger partial charge in [0.15, 0.2) is 0 Å². The normalized spacial score (nSPS) is 16.9. The van der Waals surface area contributed by atoms with E-state index in [1.54, 1.807) is 4.90 Å². The maximum absolute atomic E-state index is 12.3. The third-order valence-corrected chi connectivity index (χ3v) is 4.22. The van der Waals surface area contributed by atoms with Crippen LogP contribution in [0.15, 0.2) is 36.4 Å². The van der Waals surface area contributed by atoms with Crippen LogP contribution in [0, 0.1) is 0 Å². The van der Waals surface area contributed by atoms with Gasteiger partial charge in [0, 0.05) is 37.9 Å². The maximum Gasteiger partial charge on any atom is 0.252 e. The second-order valence-electron chi connectivity index (χ2n) is 6.07. The van der Waals surface area contributed by atoms with Crippen LogP contribution in [-0.2, 0) is 16.0 Å².